The van der Waals surface area contributed by atoms with Gasteiger partial charge < -0.3 is 19.7 Å². The smallest absolute Gasteiger partial charge is 0.393 e. The molecule has 1 saturated carbocycles. The summed E-state index contributed by atoms with van der Waals surface area (Å²) >= 11 is 1.08. The highest BCUT2D eigenvalue weighted by atomic mass is 32.1. The van der Waals surface area contributed by atoms with Crippen molar-refractivity contribution in [2.24, 2.45) is 0 Å². The third kappa shape index (κ3) is 5.79. The highest BCUT2D eigenvalue weighted by Gasteiger charge is 2.31. The number of alkyl halides is 3. The number of nitrogens with one attached hydrogen (secondary N) is 1. The van der Waals surface area contributed by atoms with Gasteiger partial charge in [-0.1, -0.05) is 24.3 Å². The molecule has 4 aromatic rings. The van der Waals surface area contributed by atoms with Crippen molar-refractivity contribution in [3.8, 4) is 22.8 Å². The van der Waals surface area contributed by atoms with Crippen LogP contribution in [0.5, 0.6) is 11.6 Å². The van der Waals surface area contributed by atoms with Crippen LogP contribution in [0.1, 0.15) is 29.7 Å². The number of anilines is 1. The van der Waals surface area contributed by atoms with Crippen molar-refractivity contribution >= 4 is 27.4 Å². The lowest BCUT2D eigenvalue weighted by Crippen LogP contribution is -2.33. The van der Waals surface area contributed by atoms with Crippen molar-refractivity contribution in [2.75, 3.05) is 25.2 Å². The number of hydrogen-bond acceptors (Lipinski definition) is 8. The normalized spacial score (nSPS) is 19.0. The van der Waals surface area contributed by atoms with Crippen molar-refractivity contribution in [3.63, 3.8) is 0 Å². The molecule has 1 aliphatic carbocycles. The lowest BCUT2D eigenvalue weighted by atomic mass is 10.1. The summed E-state index contributed by atoms with van der Waals surface area (Å²) in [6, 6.07) is 12.6. The van der Waals surface area contributed by atoms with E-state index in [1.807, 2.05) is 13.1 Å². The SMILES string of the molecule is CN(c1ncnc2sc(CC(F)(F)F)cc12)C1CCC(NCc2ccc(-c3cnc4c(c3)OCCO4)cc2)C1. The van der Waals surface area contributed by atoms with Gasteiger partial charge in [-0.3, -0.25) is 0 Å². The van der Waals surface area contributed by atoms with E-state index in [1.54, 1.807) is 12.3 Å². The Hall–Kier alpha value is -3.44. The predicted octanol–water partition coefficient (Wildman–Crippen LogP) is 5.78. The average molecular weight is 556 g/mol. The second-order valence-electron chi connectivity index (χ2n) is 10.00. The second-order valence-corrected chi connectivity index (χ2v) is 11.1. The lowest BCUT2D eigenvalue weighted by Gasteiger charge is -2.26. The summed E-state index contributed by atoms with van der Waals surface area (Å²) in [6.07, 6.45) is 0.992. The summed E-state index contributed by atoms with van der Waals surface area (Å²) in [6.45, 7) is 1.80. The number of thiophene rings is 1. The minimum absolute atomic E-state index is 0.247. The van der Waals surface area contributed by atoms with E-state index in [-0.39, 0.29) is 10.9 Å². The zero-order valence-corrected chi connectivity index (χ0v) is 22.2. The largest absolute Gasteiger partial charge is 0.484 e. The van der Waals surface area contributed by atoms with Crippen molar-refractivity contribution < 1.29 is 22.6 Å². The zero-order chi connectivity index (χ0) is 27.0. The molecule has 0 spiro atoms. The molecule has 7 nitrogen and oxygen atoms in total. The first-order chi connectivity index (χ1) is 18.8. The molecule has 1 aromatic carbocycles. The van der Waals surface area contributed by atoms with Crippen LogP contribution in [-0.2, 0) is 13.0 Å². The first-order valence-corrected chi connectivity index (χ1v) is 13.8. The minimum atomic E-state index is -4.24. The van der Waals surface area contributed by atoms with Crippen molar-refractivity contribution in [1.29, 1.82) is 0 Å². The molecule has 204 valence electrons. The molecule has 6 rings (SSSR count). The molecular formula is C28H28F3N5O2S. The first-order valence-electron chi connectivity index (χ1n) is 12.9. The molecule has 11 heteroatoms. The fourth-order valence-corrected chi connectivity index (χ4v) is 6.32. The Labute approximate surface area is 228 Å². The van der Waals surface area contributed by atoms with Gasteiger partial charge in [0.2, 0.25) is 0 Å². The second kappa shape index (κ2) is 10.6. The topological polar surface area (TPSA) is 72.4 Å². The Morgan fingerprint density at radius 3 is 2.67 bits per heavy atom. The maximum Gasteiger partial charge on any atom is 0.393 e. The van der Waals surface area contributed by atoms with Crippen LogP contribution < -0.4 is 19.7 Å². The van der Waals surface area contributed by atoms with E-state index >= 15 is 0 Å². The van der Waals surface area contributed by atoms with Gasteiger partial charge in [0.1, 0.15) is 30.2 Å². The van der Waals surface area contributed by atoms with Gasteiger partial charge in [0.25, 0.3) is 5.88 Å². The van der Waals surface area contributed by atoms with Gasteiger partial charge in [-0.15, -0.1) is 11.3 Å². The molecule has 1 fully saturated rings. The highest BCUT2D eigenvalue weighted by molar-refractivity contribution is 7.18. The van der Waals surface area contributed by atoms with Gasteiger partial charge in [-0.2, -0.15) is 13.2 Å². The Bertz CT molecular complexity index is 1460. The number of nitrogens with zero attached hydrogens (tertiary/aromatic N) is 4. The molecule has 1 N–H and O–H groups in total. The molecule has 3 aromatic heterocycles. The molecule has 1 aliphatic heterocycles. The van der Waals surface area contributed by atoms with E-state index in [1.165, 1.54) is 11.9 Å². The number of pyridine rings is 1. The maximum atomic E-state index is 12.9. The number of hydrogen-bond donors (Lipinski definition) is 1. The number of aromatic nitrogens is 3. The summed E-state index contributed by atoms with van der Waals surface area (Å²) < 4.78 is 49.9. The Morgan fingerprint density at radius 2 is 1.85 bits per heavy atom. The van der Waals surface area contributed by atoms with Crippen molar-refractivity contribution in [2.45, 2.75) is 50.5 Å². The molecular weight excluding hydrogens is 527 g/mol. The van der Waals surface area contributed by atoms with Crippen LogP contribution >= 0.6 is 11.3 Å². The van der Waals surface area contributed by atoms with Crippen LogP contribution in [0.2, 0.25) is 0 Å². The third-order valence-electron chi connectivity index (χ3n) is 7.30. The fourth-order valence-electron chi connectivity index (χ4n) is 5.30. The molecule has 2 unspecified atom stereocenters. The monoisotopic (exact) mass is 555 g/mol. The Morgan fingerprint density at radius 1 is 1.03 bits per heavy atom. The van der Waals surface area contributed by atoms with Gasteiger partial charge in [-0.25, -0.2) is 15.0 Å². The first kappa shape index (κ1) is 25.8. The Balaban J connectivity index is 1.06. The quantitative estimate of drug-likeness (QED) is 0.310. The van der Waals surface area contributed by atoms with Gasteiger partial charge in [0.05, 0.1) is 11.8 Å². The number of fused-ring (bicyclic) bond motifs is 2. The summed E-state index contributed by atoms with van der Waals surface area (Å²) in [4.78, 5) is 16.0. The molecule has 0 radical (unpaired) electrons. The van der Waals surface area contributed by atoms with Crippen LogP contribution in [0, 0.1) is 0 Å². The molecule has 0 amide bonds. The fraction of sp³-hybridized carbons (Fsp3) is 0.393. The van der Waals surface area contributed by atoms with Gasteiger partial charge in [0, 0.05) is 42.3 Å². The number of ether oxygens (including phenoxy) is 2. The van der Waals surface area contributed by atoms with E-state index < -0.39 is 12.6 Å². The summed E-state index contributed by atoms with van der Waals surface area (Å²) in [7, 11) is 1.97. The molecule has 0 bridgehead atoms. The summed E-state index contributed by atoms with van der Waals surface area (Å²) in [5, 5.41) is 4.36. The molecule has 2 atom stereocenters. The minimum Gasteiger partial charge on any atom is -0.484 e. The van der Waals surface area contributed by atoms with Gasteiger partial charge in [0.15, 0.2) is 5.75 Å². The molecule has 0 saturated heterocycles. The van der Waals surface area contributed by atoms with Gasteiger partial charge >= 0.3 is 6.18 Å². The molecule has 2 aliphatic rings. The molecule has 4 heterocycles. The lowest BCUT2D eigenvalue weighted by molar-refractivity contribution is -0.126. The van der Waals surface area contributed by atoms with Crippen LogP contribution in [-0.4, -0.2) is 53.5 Å². The van der Waals surface area contributed by atoms with E-state index in [9.17, 15) is 13.2 Å². The van der Waals surface area contributed by atoms with E-state index in [0.29, 0.717) is 46.9 Å². The number of halogens is 3. The third-order valence-corrected chi connectivity index (χ3v) is 8.34. The predicted molar refractivity (Wildman–Crippen MR) is 145 cm³/mol. The number of benzene rings is 1. The summed E-state index contributed by atoms with van der Waals surface area (Å²) in [5.41, 5.74) is 3.23. The maximum absolute atomic E-state index is 12.9. The van der Waals surface area contributed by atoms with E-state index in [2.05, 4.69) is 49.4 Å². The van der Waals surface area contributed by atoms with Crippen LogP contribution in [0.25, 0.3) is 21.3 Å². The van der Waals surface area contributed by atoms with Crippen molar-refractivity contribution in [1.82, 2.24) is 20.3 Å². The van der Waals surface area contributed by atoms with E-state index in [0.717, 1.165) is 48.3 Å². The number of rotatable bonds is 7. The highest BCUT2D eigenvalue weighted by Crippen LogP contribution is 2.36. The zero-order valence-electron chi connectivity index (χ0n) is 21.4. The summed E-state index contributed by atoms with van der Waals surface area (Å²) in [5.74, 6) is 1.91. The van der Waals surface area contributed by atoms with Crippen molar-refractivity contribution in [3.05, 3.63) is 59.4 Å². The standard InChI is InChI=1S/C28H28F3N5O2S/c1-36(25-23-12-22(13-28(29,30)31)39-27(23)35-16-34-25)21-7-6-20(11-21)32-14-17-2-4-18(5-3-17)19-10-24-26(33-15-19)38-9-8-37-24/h2-5,10,12,15-16,20-21,32H,6-9,11,13-14H2,1H3. The van der Waals surface area contributed by atoms with Gasteiger partial charge in [-0.05, 0) is 42.5 Å². The van der Waals surface area contributed by atoms with E-state index in [4.69, 9.17) is 9.47 Å². The molecule has 39 heavy (non-hydrogen) atoms. The van der Waals surface area contributed by atoms with Crippen LogP contribution in [0.4, 0.5) is 19.0 Å². The van der Waals surface area contributed by atoms with Crippen LogP contribution in [0.15, 0.2) is 48.9 Å². The average Bonchev–Trinajstić information content (AvgIpc) is 3.57. The Kier molecular flexibility index (Phi) is 7.03. The van der Waals surface area contributed by atoms with Crippen LogP contribution in [0.3, 0.4) is 0 Å².